The third-order valence-corrected chi connectivity index (χ3v) is 3.96. The molecule has 0 radical (unpaired) electrons. The van der Waals surface area contributed by atoms with E-state index in [1.807, 2.05) is 18.9 Å². The Balaban J connectivity index is 3.20. The van der Waals surface area contributed by atoms with Gasteiger partial charge in [0.15, 0.2) is 0 Å². The minimum Gasteiger partial charge on any atom is -0.398 e. The lowest BCUT2D eigenvalue weighted by atomic mass is 10.2. The van der Waals surface area contributed by atoms with Crippen LogP contribution < -0.4 is 15.4 Å². The van der Waals surface area contributed by atoms with E-state index in [0.717, 1.165) is 12.2 Å². The fourth-order valence-electron chi connectivity index (χ4n) is 1.31. The first-order valence-electron chi connectivity index (χ1n) is 4.96. The molecule has 6 heteroatoms. The number of sulfonamides is 1. The lowest BCUT2D eigenvalue weighted by Crippen LogP contribution is -2.21. The van der Waals surface area contributed by atoms with E-state index >= 15 is 0 Å². The van der Waals surface area contributed by atoms with Crippen LogP contribution in [0.5, 0.6) is 0 Å². The first-order chi connectivity index (χ1) is 7.42. The predicted octanol–water partition coefficient (Wildman–Crippen LogP) is 0.633. The van der Waals surface area contributed by atoms with E-state index in [0.29, 0.717) is 0 Å². The van der Waals surface area contributed by atoms with Gasteiger partial charge in [-0.3, -0.25) is 0 Å². The summed E-state index contributed by atoms with van der Waals surface area (Å²) in [6.07, 6.45) is 0. The molecule has 0 aliphatic carbocycles. The van der Waals surface area contributed by atoms with E-state index < -0.39 is 10.0 Å². The maximum Gasteiger partial charge on any atom is 0.242 e. The fourth-order valence-corrected chi connectivity index (χ4v) is 2.15. The van der Waals surface area contributed by atoms with Gasteiger partial charge < -0.3 is 10.6 Å². The number of rotatable bonds is 4. The highest BCUT2D eigenvalue weighted by molar-refractivity contribution is 7.89. The molecule has 0 amide bonds. The van der Waals surface area contributed by atoms with Crippen LogP contribution in [0.3, 0.4) is 0 Å². The fraction of sp³-hybridized carbons (Fsp3) is 0.400. The molecule has 90 valence electrons. The number of hydrogen-bond acceptors (Lipinski definition) is 4. The van der Waals surface area contributed by atoms with Gasteiger partial charge in [-0.1, -0.05) is 0 Å². The maximum absolute atomic E-state index is 11.6. The van der Waals surface area contributed by atoms with Gasteiger partial charge in [0, 0.05) is 19.3 Å². The first-order valence-corrected chi connectivity index (χ1v) is 6.45. The quantitative estimate of drug-likeness (QED) is 0.761. The van der Waals surface area contributed by atoms with E-state index in [2.05, 4.69) is 4.72 Å². The smallest absolute Gasteiger partial charge is 0.242 e. The van der Waals surface area contributed by atoms with E-state index in [4.69, 9.17) is 5.73 Å². The minimum absolute atomic E-state index is 0.114. The molecular weight excluding hydrogens is 226 g/mol. The van der Waals surface area contributed by atoms with Gasteiger partial charge in [-0.05, 0) is 32.2 Å². The summed E-state index contributed by atoms with van der Waals surface area (Å²) in [5.74, 6) is 0. The highest BCUT2D eigenvalue weighted by atomic mass is 32.2. The molecule has 0 saturated carbocycles. The number of benzene rings is 1. The summed E-state index contributed by atoms with van der Waals surface area (Å²) < 4.78 is 25.4. The summed E-state index contributed by atoms with van der Waals surface area (Å²) in [5.41, 5.74) is 6.88. The number of hydrogen-bond donors (Lipinski definition) is 2. The Morgan fingerprint density at radius 1 is 1.44 bits per heavy atom. The van der Waals surface area contributed by atoms with Crippen LogP contribution in [-0.2, 0) is 10.0 Å². The highest BCUT2D eigenvalue weighted by Crippen LogP contribution is 2.23. The molecule has 1 rings (SSSR count). The van der Waals surface area contributed by atoms with Crippen LogP contribution in [0.4, 0.5) is 11.4 Å². The van der Waals surface area contributed by atoms with Gasteiger partial charge in [0.05, 0.1) is 5.69 Å². The van der Waals surface area contributed by atoms with E-state index in [1.165, 1.54) is 13.1 Å². The van der Waals surface area contributed by atoms with Crippen LogP contribution in [0.15, 0.2) is 23.1 Å². The van der Waals surface area contributed by atoms with Crippen molar-refractivity contribution in [2.75, 3.05) is 31.3 Å². The molecule has 1 aromatic carbocycles. The topological polar surface area (TPSA) is 75.4 Å². The Labute approximate surface area is 96.3 Å². The van der Waals surface area contributed by atoms with Gasteiger partial charge in [0.1, 0.15) is 4.90 Å². The van der Waals surface area contributed by atoms with Gasteiger partial charge in [0.25, 0.3) is 0 Å². The zero-order valence-electron chi connectivity index (χ0n) is 9.69. The van der Waals surface area contributed by atoms with Crippen LogP contribution in [-0.4, -0.2) is 29.1 Å². The molecule has 0 bridgehead atoms. The van der Waals surface area contributed by atoms with Crippen molar-refractivity contribution in [1.29, 1.82) is 0 Å². The molecule has 3 N–H and O–H groups in total. The zero-order valence-corrected chi connectivity index (χ0v) is 10.5. The van der Waals surface area contributed by atoms with Crippen LogP contribution in [0.25, 0.3) is 0 Å². The van der Waals surface area contributed by atoms with Crippen molar-refractivity contribution in [3.63, 3.8) is 0 Å². The summed E-state index contributed by atoms with van der Waals surface area (Å²) in [6.45, 7) is 2.84. The lowest BCUT2D eigenvalue weighted by molar-refractivity contribution is 0.588. The average Bonchev–Trinajstić information content (AvgIpc) is 2.27. The van der Waals surface area contributed by atoms with Gasteiger partial charge in [-0.2, -0.15) is 0 Å². The molecule has 0 aliphatic rings. The van der Waals surface area contributed by atoms with Crippen molar-refractivity contribution in [2.45, 2.75) is 11.8 Å². The SMILES string of the molecule is CCN(C)c1ccc(S(=O)(=O)NC)c(N)c1. The summed E-state index contributed by atoms with van der Waals surface area (Å²) in [4.78, 5) is 2.09. The lowest BCUT2D eigenvalue weighted by Gasteiger charge is -2.18. The Kier molecular flexibility index (Phi) is 3.77. The second-order valence-electron chi connectivity index (χ2n) is 3.44. The summed E-state index contributed by atoms with van der Waals surface area (Å²) in [7, 11) is -0.192. The molecule has 0 unspecified atom stereocenters. The Morgan fingerprint density at radius 2 is 2.06 bits per heavy atom. The summed E-state index contributed by atoms with van der Waals surface area (Å²) in [5, 5.41) is 0. The molecule has 0 aliphatic heterocycles. The highest BCUT2D eigenvalue weighted by Gasteiger charge is 2.15. The standard InChI is InChI=1S/C10H17N3O2S/c1-4-13(3)8-5-6-10(9(11)7-8)16(14,15)12-2/h5-7,12H,4,11H2,1-3H3. The largest absolute Gasteiger partial charge is 0.398 e. The van der Waals surface area contributed by atoms with Crippen LogP contribution in [0.1, 0.15) is 6.92 Å². The summed E-state index contributed by atoms with van der Waals surface area (Å²) in [6, 6.07) is 4.92. The Hall–Kier alpha value is -1.27. The summed E-state index contributed by atoms with van der Waals surface area (Å²) >= 11 is 0. The number of nitrogens with two attached hydrogens (primary N) is 1. The van der Waals surface area contributed by atoms with Crippen LogP contribution in [0.2, 0.25) is 0 Å². The molecular formula is C10H17N3O2S. The third-order valence-electron chi connectivity index (χ3n) is 2.47. The molecule has 0 heterocycles. The molecule has 0 saturated heterocycles. The molecule has 0 atom stereocenters. The number of nitrogen functional groups attached to an aromatic ring is 1. The predicted molar refractivity (Wildman–Crippen MR) is 66.0 cm³/mol. The second-order valence-corrected chi connectivity index (χ2v) is 5.30. The van der Waals surface area contributed by atoms with E-state index in [-0.39, 0.29) is 10.6 Å². The van der Waals surface area contributed by atoms with Crippen molar-refractivity contribution in [3.05, 3.63) is 18.2 Å². The molecule has 0 fully saturated rings. The number of nitrogens with one attached hydrogen (secondary N) is 1. The zero-order chi connectivity index (χ0) is 12.3. The van der Waals surface area contributed by atoms with Crippen molar-refractivity contribution < 1.29 is 8.42 Å². The van der Waals surface area contributed by atoms with Gasteiger partial charge in [-0.25, -0.2) is 13.1 Å². The van der Waals surface area contributed by atoms with Crippen molar-refractivity contribution in [3.8, 4) is 0 Å². The van der Waals surface area contributed by atoms with Crippen molar-refractivity contribution >= 4 is 21.4 Å². The van der Waals surface area contributed by atoms with Gasteiger partial charge >= 0.3 is 0 Å². The first kappa shape index (κ1) is 12.8. The van der Waals surface area contributed by atoms with Gasteiger partial charge in [-0.15, -0.1) is 0 Å². The second kappa shape index (κ2) is 4.71. The Bertz CT molecular complexity index is 471. The Morgan fingerprint density at radius 3 is 2.50 bits per heavy atom. The minimum atomic E-state index is -3.47. The van der Waals surface area contributed by atoms with Crippen LogP contribution in [0, 0.1) is 0 Å². The van der Waals surface area contributed by atoms with Gasteiger partial charge in [0.2, 0.25) is 10.0 Å². The average molecular weight is 243 g/mol. The monoisotopic (exact) mass is 243 g/mol. The van der Waals surface area contributed by atoms with E-state index in [1.54, 1.807) is 12.1 Å². The molecule has 1 aromatic rings. The number of anilines is 2. The molecule has 16 heavy (non-hydrogen) atoms. The molecule has 5 nitrogen and oxygen atoms in total. The van der Waals surface area contributed by atoms with Crippen molar-refractivity contribution in [1.82, 2.24) is 4.72 Å². The third kappa shape index (κ3) is 2.45. The maximum atomic E-state index is 11.6. The molecule has 0 aromatic heterocycles. The normalized spacial score (nSPS) is 11.4. The number of nitrogens with zero attached hydrogens (tertiary/aromatic N) is 1. The van der Waals surface area contributed by atoms with E-state index in [9.17, 15) is 8.42 Å². The van der Waals surface area contributed by atoms with Crippen LogP contribution >= 0.6 is 0 Å². The van der Waals surface area contributed by atoms with Crippen molar-refractivity contribution in [2.24, 2.45) is 0 Å². The molecule has 0 spiro atoms.